The first-order valence-electron chi connectivity index (χ1n) is 7.25. The van der Waals surface area contributed by atoms with Crippen LogP contribution in [0.2, 0.25) is 0 Å². The van der Waals surface area contributed by atoms with Gasteiger partial charge < -0.3 is 9.88 Å². The van der Waals surface area contributed by atoms with Crippen LogP contribution in [0, 0.1) is 6.92 Å². The molecule has 0 aromatic carbocycles. The highest BCUT2D eigenvalue weighted by atomic mass is 32.2. The zero-order valence-corrected chi connectivity index (χ0v) is 13.2. The summed E-state index contributed by atoms with van der Waals surface area (Å²) in [5.74, 6) is 1.28. The summed E-state index contributed by atoms with van der Waals surface area (Å²) in [4.78, 5) is 18.2. The van der Waals surface area contributed by atoms with E-state index >= 15 is 0 Å². The SMILES string of the molecule is Cc1nc(N2CCC(S(=O)(=O)O)C2)c2c(cnc3[nH]ccc32)n1. The first kappa shape index (κ1) is 14.3. The number of rotatable bonds is 2. The molecule has 1 saturated heterocycles. The summed E-state index contributed by atoms with van der Waals surface area (Å²) in [6.45, 7) is 2.53. The van der Waals surface area contributed by atoms with E-state index < -0.39 is 15.4 Å². The van der Waals surface area contributed by atoms with Gasteiger partial charge in [0.25, 0.3) is 10.1 Å². The summed E-state index contributed by atoms with van der Waals surface area (Å²) in [5, 5.41) is 0.960. The molecule has 0 spiro atoms. The van der Waals surface area contributed by atoms with Gasteiger partial charge in [-0.3, -0.25) is 4.55 Å². The fraction of sp³-hybridized carbons (Fsp3) is 0.357. The van der Waals surface area contributed by atoms with Gasteiger partial charge in [-0.25, -0.2) is 15.0 Å². The summed E-state index contributed by atoms with van der Waals surface area (Å²) < 4.78 is 32.1. The fourth-order valence-electron chi connectivity index (χ4n) is 3.12. The summed E-state index contributed by atoms with van der Waals surface area (Å²) in [6, 6.07) is 1.91. The second kappa shape index (κ2) is 4.87. The van der Waals surface area contributed by atoms with Crippen molar-refractivity contribution in [2.45, 2.75) is 18.6 Å². The van der Waals surface area contributed by atoms with Crippen LogP contribution in [0.5, 0.6) is 0 Å². The van der Waals surface area contributed by atoms with Gasteiger partial charge in [-0.05, 0) is 19.4 Å². The normalized spacial score (nSPS) is 19.0. The number of hydrogen-bond donors (Lipinski definition) is 2. The Morgan fingerprint density at radius 3 is 2.96 bits per heavy atom. The molecule has 3 aromatic rings. The van der Waals surface area contributed by atoms with Gasteiger partial charge in [-0.1, -0.05) is 0 Å². The van der Waals surface area contributed by atoms with Gasteiger partial charge in [0.2, 0.25) is 0 Å². The van der Waals surface area contributed by atoms with Crippen molar-refractivity contribution in [1.29, 1.82) is 0 Å². The zero-order chi connectivity index (χ0) is 16.2. The van der Waals surface area contributed by atoms with Crippen LogP contribution in [0.15, 0.2) is 18.5 Å². The minimum Gasteiger partial charge on any atom is -0.355 e. The van der Waals surface area contributed by atoms with Gasteiger partial charge in [0, 0.05) is 24.7 Å². The number of fused-ring (bicyclic) bond motifs is 3. The first-order valence-corrected chi connectivity index (χ1v) is 8.75. The molecule has 9 heteroatoms. The minimum absolute atomic E-state index is 0.221. The minimum atomic E-state index is -4.04. The molecule has 0 saturated carbocycles. The Balaban J connectivity index is 1.91. The monoisotopic (exact) mass is 333 g/mol. The summed E-state index contributed by atoms with van der Waals surface area (Å²) in [5.41, 5.74) is 1.45. The third-order valence-electron chi connectivity index (χ3n) is 4.21. The third kappa shape index (κ3) is 2.32. The molecule has 4 rings (SSSR count). The number of nitrogens with zero attached hydrogens (tertiary/aromatic N) is 4. The molecule has 1 aliphatic rings. The lowest BCUT2D eigenvalue weighted by Gasteiger charge is -2.19. The quantitative estimate of drug-likeness (QED) is 0.679. The van der Waals surface area contributed by atoms with Crippen LogP contribution in [0.3, 0.4) is 0 Å². The Morgan fingerprint density at radius 1 is 1.39 bits per heavy atom. The first-order chi connectivity index (χ1) is 10.9. The Kier molecular flexibility index (Phi) is 3.03. The van der Waals surface area contributed by atoms with Gasteiger partial charge in [-0.15, -0.1) is 0 Å². The third-order valence-corrected chi connectivity index (χ3v) is 5.43. The van der Waals surface area contributed by atoms with Crippen molar-refractivity contribution in [2.75, 3.05) is 18.0 Å². The van der Waals surface area contributed by atoms with Gasteiger partial charge in [-0.2, -0.15) is 8.42 Å². The standard InChI is InChI=1S/C14H15N5O3S/c1-8-17-11-6-16-13-10(2-4-15-13)12(11)14(18-8)19-5-3-9(7-19)23(20,21)22/h2,4,6,9H,3,5,7H2,1H3,(H,15,16)(H,20,21,22). The number of nitrogens with one attached hydrogen (secondary N) is 1. The van der Waals surface area contributed by atoms with Gasteiger partial charge in [0.1, 0.15) is 22.5 Å². The van der Waals surface area contributed by atoms with Crippen molar-refractivity contribution in [1.82, 2.24) is 19.9 Å². The number of aryl methyl sites for hydroxylation is 1. The topological polar surface area (TPSA) is 112 Å². The Morgan fingerprint density at radius 2 is 2.22 bits per heavy atom. The molecule has 4 heterocycles. The lowest BCUT2D eigenvalue weighted by molar-refractivity contribution is 0.470. The molecule has 23 heavy (non-hydrogen) atoms. The maximum absolute atomic E-state index is 11.4. The van der Waals surface area contributed by atoms with E-state index in [0.717, 1.165) is 21.9 Å². The van der Waals surface area contributed by atoms with Crippen molar-refractivity contribution in [3.8, 4) is 0 Å². The van der Waals surface area contributed by atoms with Crippen LogP contribution in [0.4, 0.5) is 5.82 Å². The van der Waals surface area contributed by atoms with E-state index in [1.165, 1.54) is 0 Å². The van der Waals surface area contributed by atoms with E-state index in [0.29, 0.717) is 24.6 Å². The summed E-state index contributed by atoms with van der Waals surface area (Å²) in [7, 11) is -4.04. The van der Waals surface area contributed by atoms with Gasteiger partial charge in [0.15, 0.2) is 0 Å². The highest BCUT2D eigenvalue weighted by Crippen LogP contribution is 2.32. The highest BCUT2D eigenvalue weighted by Gasteiger charge is 2.33. The molecule has 1 aliphatic heterocycles. The highest BCUT2D eigenvalue weighted by molar-refractivity contribution is 7.86. The average molecular weight is 333 g/mol. The van der Waals surface area contributed by atoms with E-state index in [4.69, 9.17) is 0 Å². The predicted octanol–water partition coefficient (Wildman–Crippen LogP) is 1.28. The van der Waals surface area contributed by atoms with Crippen LogP contribution in [-0.4, -0.2) is 51.2 Å². The van der Waals surface area contributed by atoms with E-state index in [1.807, 2.05) is 11.0 Å². The van der Waals surface area contributed by atoms with E-state index in [-0.39, 0.29) is 6.54 Å². The second-order valence-electron chi connectivity index (χ2n) is 5.72. The van der Waals surface area contributed by atoms with Gasteiger partial charge >= 0.3 is 0 Å². The summed E-state index contributed by atoms with van der Waals surface area (Å²) >= 11 is 0. The molecule has 1 fully saturated rings. The van der Waals surface area contributed by atoms with Crippen LogP contribution < -0.4 is 4.90 Å². The Bertz CT molecular complexity index is 1010. The maximum Gasteiger partial charge on any atom is 0.269 e. The Hall–Kier alpha value is -2.26. The lowest BCUT2D eigenvalue weighted by atomic mass is 10.2. The molecule has 8 nitrogen and oxygen atoms in total. The number of aromatic amines is 1. The predicted molar refractivity (Wildman–Crippen MR) is 86.1 cm³/mol. The average Bonchev–Trinajstić information content (AvgIpc) is 3.14. The molecule has 1 unspecified atom stereocenters. The second-order valence-corrected chi connectivity index (χ2v) is 7.42. The molecular formula is C14H15N5O3S. The molecular weight excluding hydrogens is 318 g/mol. The van der Waals surface area contributed by atoms with Crippen LogP contribution >= 0.6 is 0 Å². The van der Waals surface area contributed by atoms with Crippen LogP contribution in [0.1, 0.15) is 12.2 Å². The van der Waals surface area contributed by atoms with Crippen molar-refractivity contribution < 1.29 is 13.0 Å². The van der Waals surface area contributed by atoms with Crippen molar-refractivity contribution in [3.63, 3.8) is 0 Å². The number of aromatic nitrogens is 4. The molecule has 0 aliphatic carbocycles. The van der Waals surface area contributed by atoms with E-state index in [1.54, 1.807) is 19.3 Å². The molecule has 0 radical (unpaired) electrons. The van der Waals surface area contributed by atoms with Crippen molar-refractivity contribution >= 4 is 37.9 Å². The summed E-state index contributed by atoms with van der Waals surface area (Å²) in [6.07, 6.45) is 3.86. The molecule has 2 N–H and O–H groups in total. The smallest absolute Gasteiger partial charge is 0.269 e. The molecule has 0 bridgehead atoms. The molecule has 120 valence electrons. The van der Waals surface area contributed by atoms with Crippen molar-refractivity contribution in [3.05, 3.63) is 24.3 Å². The van der Waals surface area contributed by atoms with Crippen LogP contribution in [-0.2, 0) is 10.1 Å². The zero-order valence-electron chi connectivity index (χ0n) is 12.4. The maximum atomic E-state index is 11.4. The van der Waals surface area contributed by atoms with Gasteiger partial charge in [0.05, 0.1) is 17.1 Å². The van der Waals surface area contributed by atoms with Crippen LogP contribution in [0.25, 0.3) is 21.9 Å². The number of pyridine rings is 1. The molecule has 0 amide bonds. The Labute approximate surface area is 132 Å². The fourth-order valence-corrected chi connectivity index (χ4v) is 3.89. The lowest BCUT2D eigenvalue weighted by Crippen LogP contribution is -2.27. The number of H-pyrrole nitrogens is 1. The molecule has 1 atom stereocenters. The largest absolute Gasteiger partial charge is 0.355 e. The van der Waals surface area contributed by atoms with Crippen molar-refractivity contribution in [2.24, 2.45) is 0 Å². The number of anilines is 1. The van der Waals surface area contributed by atoms with E-state index in [2.05, 4.69) is 19.9 Å². The number of hydrogen-bond acceptors (Lipinski definition) is 6. The molecule has 3 aromatic heterocycles. The van der Waals surface area contributed by atoms with E-state index in [9.17, 15) is 13.0 Å².